The molecule has 0 aliphatic carbocycles. The highest BCUT2D eigenvalue weighted by Gasteiger charge is 2.14. The van der Waals surface area contributed by atoms with Crippen molar-refractivity contribution in [2.45, 2.75) is 46.3 Å². The summed E-state index contributed by atoms with van der Waals surface area (Å²) in [5, 5.41) is 5.45. The van der Waals surface area contributed by atoms with E-state index in [0.717, 1.165) is 0 Å². The van der Waals surface area contributed by atoms with Gasteiger partial charge in [-0.3, -0.25) is 9.59 Å². The van der Waals surface area contributed by atoms with Crippen LogP contribution in [0.25, 0.3) is 0 Å². The van der Waals surface area contributed by atoms with Gasteiger partial charge in [0.2, 0.25) is 11.8 Å². The van der Waals surface area contributed by atoms with Crippen molar-refractivity contribution in [2.75, 3.05) is 10.6 Å². The normalized spacial score (nSPS) is 10.6. The molecule has 0 bridgehead atoms. The fraction of sp³-hybridized carbons (Fsp3) is 0.333. The van der Waals surface area contributed by atoms with E-state index >= 15 is 0 Å². The number of ether oxygens (including phenoxy) is 2. The van der Waals surface area contributed by atoms with E-state index in [9.17, 15) is 9.59 Å². The van der Waals surface area contributed by atoms with Gasteiger partial charge in [-0.25, -0.2) is 0 Å². The zero-order valence-electron chi connectivity index (χ0n) is 16.1. The quantitative estimate of drug-likeness (QED) is 0.682. The summed E-state index contributed by atoms with van der Waals surface area (Å²) in [6.45, 7) is 7.62. The van der Waals surface area contributed by atoms with E-state index < -0.39 is 11.8 Å². The molecule has 27 heavy (non-hydrogen) atoms. The maximum Gasteiger partial charge on any atom is 0.233 e. The van der Waals surface area contributed by atoms with Crippen LogP contribution in [0, 0.1) is 0 Å². The molecule has 0 aliphatic heterocycles. The van der Waals surface area contributed by atoms with Gasteiger partial charge in [0.05, 0.1) is 23.6 Å². The van der Waals surface area contributed by atoms with E-state index in [1.807, 2.05) is 39.8 Å². The van der Waals surface area contributed by atoms with Gasteiger partial charge >= 0.3 is 0 Å². The number of anilines is 2. The highest BCUT2D eigenvalue weighted by molar-refractivity contribution is 6.08. The molecule has 0 aliphatic rings. The fourth-order valence-corrected chi connectivity index (χ4v) is 2.39. The predicted molar refractivity (Wildman–Crippen MR) is 106 cm³/mol. The fourth-order valence-electron chi connectivity index (χ4n) is 2.39. The third-order valence-electron chi connectivity index (χ3n) is 3.37. The first kappa shape index (κ1) is 20.3. The van der Waals surface area contributed by atoms with Gasteiger partial charge in [-0.1, -0.05) is 24.3 Å². The third kappa shape index (κ3) is 6.66. The summed E-state index contributed by atoms with van der Waals surface area (Å²) in [6, 6.07) is 14.3. The first-order chi connectivity index (χ1) is 12.8. The number of carbonyl (C=O) groups is 2. The molecule has 0 saturated heterocycles. The topological polar surface area (TPSA) is 76.7 Å². The van der Waals surface area contributed by atoms with Crippen LogP contribution in [0.4, 0.5) is 11.4 Å². The van der Waals surface area contributed by atoms with E-state index in [1.54, 1.807) is 36.4 Å². The maximum atomic E-state index is 12.3. The van der Waals surface area contributed by atoms with Crippen molar-refractivity contribution in [1.29, 1.82) is 0 Å². The second-order valence-corrected chi connectivity index (χ2v) is 6.60. The van der Waals surface area contributed by atoms with Crippen molar-refractivity contribution < 1.29 is 19.1 Å². The van der Waals surface area contributed by atoms with Crippen molar-refractivity contribution in [3.63, 3.8) is 0 Å². The molecular formula is C21H26N2O4. The smallest absolute Gasteiger partial charge is 0.233 e. The Morgan fingerprint density at radius 1 is 0.741 bits per heavy atom. The Morgan fingerprint density at radius 2 is 1.11 bits per heavy atom. The molecule has 0 atom stereocenters. The van der Waals surface area contributed by atoms with Crippen LogP contribution >= 0.6 is 0 Å². The molecule has 2 aromatic rings. The number of hydrogen-bond donors (Lipinski definition) is 2. The van der Waals surface area contributed by atoms with Gasteiger partial charge in [0.15, 0.2) is 0 Å². The third-order valence-corrected chi connectivity index (χ3v) is 3.37. The van der Waals surface area contributed by atoms with E-state index in [-0.39, 0.29) is 18.6 Å². The Bertz CT molecular complexity index is 722. The average Bonchev–Trinajstić information content (AvgIpc) is 2.57. The van der Waals surface area contributed by atoms with Gasteiger partial charge in [0.1, 0.15) is 17.9 Å². The van der Waals surface area contributed by atoms with E-state index in [1.165, 1.54) is 0 Å². The summed E-state index contributed by atoms with van der Waals surface area (Å²) in [6.07, 6.45) is -0.362. The summed E-state index contributed by atoms with van der Waals surface area (Å²) in [7, 11) is 0. The molecule has 2 aromatic carbocycles. The van der Waals surface area contributed by atoms with Crippen LogP contribution in [0.5, 0.6) is 11.5 Å². The van der Waals surface area contributed by atoms with Crippen LogP contribution in [0.2, 0.25) is 0 Å². The van der Waals surface area contributed by atoms with Crippen LogP contribution in [-0.2, 0) is 9.59 Å². The number of rotatable bonds is 8. The van der Waals surface area contributed by atoms with Gasteiger partial charge in [0, 0.05) is 0 Å². The molecule has 6 heteroatoms. The SMILES string of the molecule is CC(C)Oc1ccccc1NC(=O)CC(=O)Nc1ccccc1OC(C)C. The molecule has 2 amide bonds. The van der Waals surface area contributed by atoms with Crippen molar-refractivity contribution in [3.05, 3.63) is 48.5 Å². The highest BCUT2D eigenvalue weighted by atomic mass is 16.5. The molecule has 0 unspecified atom stereocenters. The van der Waals surface area contributed by atoms with Crippen LogP contribution in [0.1, 0.15) is 34.1 Å². The molecule has 0 saturated carbocycles. The van der Waals surface area contributed by atoms with Crippen LogP contribution in [-0.4, -0.2) is 24.0 Å². The number of benzene rings is 2. The Kier molecular flexibility index (Phi) is 7.23. The summed E-state index contributed by atoms with van der Waals surface area (Å²) >= 11 is 0. The average molecular weight is 370 g/mol. The molecule has 0 spiro atoms. The second-order valence-electron chi connectivity index (χ2n) is 6.60. The Hall–Kier alpha value is -3.02. The monoisotopic (exact) mass is 370 g/mol. The lowest BCUT2D eigenvalue weighted by atomic mass is 10.2. The molecule has 2 rings (SSSR count). The molecule has 144 valence electrons. The highest BCUT2D eigenvalue weighted by Crippen LogP contribution is 2.26. The molecule has 0 radical (unpaired) electrons. The minimum atomic E-state index is -0.422. The zero-order valence-corrected chi connectivity index (χ0v) is 16.1. The molecule has 2 N–H and O–H groups in total. The Morgan fingerprint density at radius 3 is 1.48 bits per heavy atom. The van der Waals surface area contributed by atoms with Crippen LogP contribution < -0.4 is 20.1 Å². The Balaban J connectivity index is 1.98. The number of para-hydroxylation sites is 4. The lowest BCUT2D eigenvalue weighted by Gasteiger charge is -2.16. The minimum Gasteiger partial charge on any atom is -0.489 e. The predicted octanol–water partition coefficient (Wildman–Crippen LogP) is 4.23. The van der Waals surface area contributed by atoms with Gasteiger partial charge in [-0.05, 0) is 52.0 Å². The molecule has 0 heterocycles. The number of amides is 2. The molecule has 0 fully saturated rings. The molecular weight excluding hydrogens is 344 g/mol. The van der Waals surface area contributed by atoms with Gasteiger partial charge in [-0.15, -0.1) is 0 Å². The van der Waals surface area contributed by atoms with Gasteiger partial charge < -0.3 is 20.1 Å². The largest absolute Gasteiger partial charge is 0.489 e. The summed E-state index contributed by atoms with van der Waals surface area (Å²) < 4.78 is 11.3. The lowest BCUT2D eigenvalue weighted by molar-refractivity contribution is -0.123. The van der Waals surface area contributed by atoms with Crippen LogP contribution in [0.15, 0.2) is 48.5 Å². The summed E-state index contributed by atoms with van der Waals surface area (Å²) in [4.78, 5) is 24.5. The van der Waals surface area contributed by atoms with E-state index in [0.29, 0.717) is 22.9 Å². The van der Waals surface area contributed by atoms with Crippen molar-refractivity contribution in [2.24, 2.45) is 0 Å². The number of nitrogens with one attached hydrogen (secondary N) is 2. The lowest BCUT2D eigenvalue weighted by Crippen LogP contribution is -2.22. The number of carbonyl (C=O) groups excluding carboxylic acids is 2. The Labute approximate surface area is 159 Å². The summed E-state index contributed by atoms with van der Waals surface area (Å²) in [5.74, 6) is 0.290. The van der Waals surface area contributed by atoms with Crippen LogP contribution in [0.3, 0.4) is 0 Å². The van der Waals surface area contributed by atoms with Crippen molar-refractivity contribution in [3.8, 4) is 11.5 Å². The zero-order chi connectivity index (χ0) is 19.8. The molecule has 0 aromatic heterocycles. The summed E-state index contributed by atoms with van der Waals surface area (Å²) in [5.41, 5.74) is 1.07. The second kappa shape index (κ2) is 9.62. The standard InChI is InChI=1S/C21H26N2O4/c1-14(2)26-18-11-7-5-9-16(18)22-20(24)13-21(25)23-17-10-6-8-12-19(17)27-15(3)4/h5-12,14-15H,13H2,1-4H3,(H,22,24)(H,23,25). The van der Waals surface area contributed by atoms with E-state index in [2.05, 4.69) is 10.6 Å². The number of hydrogen-bond acceptors (Lipinski definition) is 4. The maximum absolute atomic E-state index is 12.3. The van der Waals surface area contributed by atoms with E-state index in [4.69, 9.17) is 9.47 Å². The first-order valence-electron chi connectivity index (χ1n) is 8.96. The van der Waals surface area contributed by atoms with Crippen molar-refractivity contribution >= 4 is 23.2 Å². The van der Waals surface area contributed by atoms with Gasteiger partial charge in [0.25, 0.3) is 0 Å². The van der Waals surface area contributed by atoms with Crippen molar-refractivity contribution in [1.82, 2.24) is 0 Å². The minimum absolute atomic E-state index is 0.0243. The molecule has 6 nitrogen and oxygen atoms in total. The van der Waals surface area contributed by atoms with Gasteiger partial charge in [-0.2, -0.15) is 0 Å². The first-order valence-corrected chi connectivity index (χ1v) is 8.96.